The van der Waals surface area contributed by atoms with Crippen LogP contribution in [-0.2, 0) is 12.8 Å². The van der Waals surface area contributed by atoms with E-state index in [2.05, 4.69) is 45.9 Å². The molecule has 1 unspecified atom stereocenters. The lowest BCUT2D eigenvalue weighted by atomic mass is 10.0. The second-order valence-corrected chi connectivity index (χ2v) is 8.03. The molecule has 0 aliphatic carbocycles. The quantitative estimate of drug-likeness (QED) is 0.439. The van der Waals surface area contributed by atoms with E-state index in [4.69, 9.17) is 14.5 Å². The number of fused-ring (bicyclic) bond motifs is 2. The first-order valence-electron chi connectivity index (χ1n) is 10.7. The molecule has 158 valence electrons. The van der Waals surface area contributed by atoms with Gasteiger partial charge in [0.05, 0.1) is 17.4 Å². The second kappa shape index (κ2) is 8.78. The molecule has 0 fully saturated rings. The highest BCUT2D eigenvalue weighted by Gasteiger charge is 2.15. The summed E-state index contributed by atoms with van der Waals surface area (Å²) in [6.45, 7) is 4.41. The molecule has 0 amide bonds. The molecular weight excluding hydrogens is 388 g/mol. The lowest BCUT2D eigenvalue weighted by Gasteiger charge is -2.13. The Morgan fingerprint density at radius 2 is 1.97 bits per heavy atom. The van der Waals surface area contributed by atoms with Crippen molar-refractivity contribution in [3.63, 3.8) is 0 Å². The second-order valence-electron chi connectivity index (χ2n) is 8.03. The third kappa shape index (κ3) is 4.25. The highest BCUT2D eigenvalue weighted by Crippen LogP contribution is 2.33. The fourth-order valence-electron chi connectivity index (χ4n) is 4.08. The Balaban J connectivity index is 1.19. The summed E-state index contributed by atoms with van der Waals surface area (Å²) in [6, 6.07) is 16.5. The van der Waals surface area contributed by atoms with Gasteiger partial charge in [-0.3, -0.25) is 4.98 Å². The van der Waals surface area contributed by atoms with E-state index < -0.39 is 0 Å². The fourth-order valence-corrected chi connectivity index (χ4v) is 4.08. The molecule has 0 spiro atoms. The lowest BCUT2D eigenvalue weighted by Crippen LogP contribution is -2.25. The predicted molar refractivity (Wildman–Crippen MR) is 120 cm³/mol. The number of hydrogen-bond donors (Lipinski definition) is 1. The summed E-state index contributed by atoms with van der Waals surface area (Å²) in [5.41, 5.74) is 4.42. The number of nitrogens with one attached hydrogen (secondary N) is 1. The zero-order valence-corrected chi connectivity index (χ0v) is 17.6. The van der Waals surface area contributed by atoms with Crippen molar-refractivity contribution in [2.24, 2.45) is 5.92 Å². The first-order valence-corrected chi connectivity index (χ1v) is 10.7. The van der Waals surface area contributed by atoms with Crippen LogP contribution < -0.4 is 14.8 Å². The Morgan fingerprint density at radius 1 is 1.10 bits per heavy atom. The average Bonchev–Trinajstić information content (AvgIpc) is 3.42. The van der Waals surface area contributed by atoms with Crippen LogP contribution in [0.15, 0.2) is 67.1 Å². The molecule has 1 aliphatic heterocycles. The molecule has 0 saturated carbocycles. The van der Waals surface area contributed by atoms with Gasteiger partial charge in [0.1, 0.15) is 5.82 Å². The van der Waals surface area contributed by atoms with Gasteiger partial charge < -0.3 is 19.2 Å². The van der Waals surface area contributed by atoms with Gasteiger partial charge in [-0.1, -0.05) is 43.3 Å². The zero-order chi connectivity index (χ0) is 21.0. The van der Waals surface area contributed by atoms with Crippen LogP contribution in [0.25, 0.3) is 16.8 Å². The molecule has 0 saturated heterocycles. The number of ether oxygens (including phenoxy) is 2. The topological polar surface area (TPSA) is 60.7 Å². The molecule has 31 heavy (non-hydrogen) atoms. The molecule has 1 aliphatic rings. The van der Waals surface area contributed by atoms with E-state index in [1.54, 1.807) is 0 Å². The van der Waals surface area contributed by atoms with Gasteiger partial charge >= 0.3 is 0 Å². The molecular formula is C25H26N4O2. The van der Waals surface area contributed by atoms with Crippen LogP contribution in [0.3, 0.4) is 0 Å². The normalized spacial score (nSPS) is 13.6. The number of nitrogens with zero attached hydrogens (tertiary/aromatic N) is 3. The molecule has 4 aromatic rings. The smallest absolute Gasteiger partial charge is 0.231 e. The Labute approximate surface area is 181 Å². The van der Waals surface area contributed by atoms with Crippen molar-refractivity contribution in [1.82, 2.24) is 19.7 Å². The van der Waals surface area contributed by atoms with Gasteiger partial charge in [-0.25, -0.2) is 4.98 Å². The molecule has 0 radical (unpaired) electrons. The van der Waals surface area contributed by atoms with Crippen molar-refractivity contribution in [3.8, 4) is 22.8 Å². The Morgan fingerprint density at radius 3 is 2.87 bits per heavy atom. The van der Waals surface area contributed by atoms with Gasteiger partial charge in [-0.05, 0) is 36.6 Å². The summed E-state index contributed by atoms with van der Waals surface area (Å²) in [6.07, 6.45) is 7.55. The van der Waals surface area contributed by atoms with Crippen molar-refractivity contribution in [2.45, 2.75) is 19.8 Å². The molecule has 5 rings (SSSR count). The molecule has 6 nitrogen and oxygen atoms in total. The first-order chi connectivity index (χ1) is 15.3. The predicted octanol–water partition coefficient (Wildman–Crippen LogP) is 4.14. The number of hydrogen-bond acceptors (Lipinski definition) is 5. The fraction of sp³-hybridized carbons (Fsp3) is 0.280. The van der Waals surface area contributed by atoms with Crippen molar-refractivity contribution >= 4 is 5.52 Å². The van der Waals surface area contributed by atoms with Crippen LogP contribution in [0.5, 0.6) is 11.5 Å². The lowest BCUT2D eigenvalue weighted by molar-refractivity contribution is 0.174. The largest absolute Gasteiger partial charge is 0.454 e. The molecule has 6 heteroatoms. The maximum atomic E-state index is 5.49. The van der Waals surface area contributed by atoms with Crippen LogP contribution in [0, 0.1) is 5.92 Å². The van der Waals surface area contributed by atoms with Gasteiger partial charge in [0.25, 0.3) is 0 Å². The Bertz CT molecular complexity index is 1170. The first kappa shape index (κ1) is 19.6. The third-order valence-corrected chi connectivity index (χ3v) is 5.61. The van der Waals surface area contributed by atoms with Gasteiger partial charge in [0, 0.05) is 30.9 Å². The summed E-state index contributed by atoms with van der Waals surface area (Å²) >= 11 is 0. The number of benzene rings is 2. The van der Waals surface area contributed by atoms with Gasteiger partial charge in [-0.15, -0.1) is 0 Å². The molecule has 2 aromatic heterocycles. The standard InChI is InChI=1S/C25H26N4O2/c1-18(13-19-7-8-22-23(14-19)31-17-30-22)15-26-10-9-24-28-25(20-5-3-2-4-6-20)21-16-27-11-12-29(21)24/h2-8,11-12,14,16,18,26H,9-10,13,15,17H2,1H3. The van der Waals surface area contributed by atoms with Gasteiger partial charge in [0.15, 0.2) is 11.5 Å². The van der Waals surface area contributed by atoms with E-state index >= 15 is 0 Å². The van der Waals surface area contributed by atoms with Crippen molar-refractivity contribution < 1.29 is 9.47 Å². The van der Waals surface area contributed by atoms with E-state index in [9.17, 15) is 0 Å². The summed E-state index contributed by atoms with van der Waals surface area (Å²) in [5.74, 6) is 3.26. The van der Waals surface area contributed by atoms with Gasteiger partial charge in [-0.2, -0.15) is 0 Å². The van der Waals surface area contributed by atoms with Gasteiger partial charge in [0.2, 0.25) is 6.79 Å². The maximum absolute atomic E-state index is 5.49. The van der Waals surface area contributed by atoms with E-state index in [-0.39, 0.29) is 0 Å². The van der Waals surface area contributed by atoms with Crippen molar-refractivity contribution in [2.75, 3.05) is 19.9 Å². The van der Waals surface area contributed by atoms with E-state index in [1.165, 1.54) is 5.56 Å². The summed E-state index contributed by atoms with van der Waals surface area (Å²) < 4.78 is 13.0. The molecule has 1 atom stereocenters. The van der Waals surface area contributed by atoms with E-state index in [0.717, 1.165) is 60.0 Å². The van der Waals surface area contributed by atoms with E-state index in [0.29, 0.717) is 12.7 Å². The third-order valence-electron chi connectivity index (χ3n) is 5.61. The molecule has 2 aromatic carbocycles. The molecule has 3 heterocycles. The minimum atomic E-state index is 0.320. The average molecular weight is 415 g/mol. The number of imidazole rings is 1. The summed E-state index contributed by atoms with van der Waals surface area (Å²) in [7, 11) is 0. The number of rotatable bonds is 8. The monoisotopic (exact) mass is 414 g/mol. The highest BCUT2D eigenvalue weighted by atomic mass is 16.7. The summed E-state index contributed by atoms with van der Waals surface area (Å²) in [4.78, 5) is 9.23. The molecule has 1 N–H and O–H groups in total. The van der Waals surface area contributed by atoms with Crippen molar-refractivity contribution in [3.05, 3.63) is 78.5 Å². The number of aromatic nitrogens is 3. The Kier molecular flexibility index (Phi) is 5.54. The van der Waals surface area contributed by atoms with Crippen LogP contribution in [-0.4, -0.2) is 34.3 Å². The maximum Gasteiger partial charge on any atom is 0.231 e. The highest BCUT2D eigenvalue weighted by molar-refractivity contribution is 5.77. The van der Waals surface area contributed by atoms with Crippen LogP contribution >= 0.6 is 0 Å². The van der Waals surface area contributed by atoms with Crippen LogP contribution in [0.4, 0.5) is 0 Å². The zero-order valence-electron chi connectivity index (χ0n) is 17.6. The minimum absolute atomic E-state index is 0.320. The van der Waals surface area contributed by atoms with Crippen molar-refractivity contribution in [1.29, 1.82) is 0 Å². The Hall–Kier alpha value is -3.38. The SMILES string of the molecule is CC(CNCCc1nc(-c2ccccc2)c2cnccn12)Cc1ccc2c(c1)OCO2. The minimum Gasteiger partial charge on any atom is -0.454 e. The summed E-state index contributed by atoms with van der Waals surface area (Å²) in [5, 5.41) is 3.60. The van der Waals surface area contributed by atoms with Crippen LogP contribution in [0.1, 0.15) is 18.3 Å². The van der Waals surface area contributed by atoms with Crippen LogP contribution in [0.2, 0.25) is 0 Å². The van der Waals surface area contributed by atoms with E-state index in [1.807, 2.05) is 42.9 Å². The molecule has 0 bridgehead atoms.